The Morgan fingerprint density at radius 3 is 2.54 bits per heavy atom. The van der Waals surface area contributed by atoms with Crippen molar-refractivity contribution in [2.75, 3.05) is 20.3 Å². The highest BCUT2D eigenvalue weighted by atomic mass is 16.7. The molecule has 1 unspecified atom stereocenters. The molecule has 0 spiro atoms. The number of rotatable bonds is 9. The average Bonchev–Trinajstić information content (AvgIpc) is 3.17. The summed E-state index contributed by atoms with van der Waals surface area (Å²) in [5.74, 6) is -1.79. The fraction of sp³-hybridized carbons (Fsp3) is 0.440. The van der Waals surface area contributed by atoms with Crippen LogP contribution in [0.15, 0.2) is 47.1 Å². The van der Waals surface area contributed by atoms with E-state index in [-0.39, 0.29) is 35.7 Å². The normalized spacial score (nSPS) is 29.2. The summed E-state index contributed by atoms with van der Waals surface area (Å²) in [4.78, 5) is 24.3. The number of hydrogen-bond acceptors (Lipinski definition) is 11. The number of hydrogen-bond donors (Lipinski definition) is 6. The van der Waals surface area contributed by atoms with Gasteiger partial charge in [0.15, 0.2) is 17.8 Å². The lowest BCUT2D eigenvalue weighted by molar-refractivity contribution is -0.298. The number of carbonyl (C=O) groups is 2. The molecule has 12 nitrogen and oxygen atoms in total. The average molecular weight is 523 g/mol. The molecule has 1 aromatic rings. The van der Waals surface area contributed by atoms with Crippen molar-refractivity contribution >= 4 is 18.0 Å². The fourth-order valence-electron chi connectivity index (χ4n) is 4.12. The third kappa shape index (κ3) is 6.55. The van der Waals surface area contributed by atoms with Crippen LogP contribution in [0.25, 0.3) is 6.08 Å². The van der Waals surface area contributed by atoms with Crippen LogP contribution < -0.4 is 4.74 Å². The summed E-state index contributed by atoms with van der Waals surface area (Å²) in [6, 6.07) is 4.49. The SMILES string of the molecule is COc1cc(/C=C/C(=O)OC2CC(C)=C(C(=O)O)/C2=C\CO[C@@H]2O[C@H](CO)[C@@H](O)[C@H](O)[C@H]2O)ccc1O. The molecular formula is C25H30O12. The summed E-state index contributed by atoms with van der Waals surface area (Å²) in [7, 11) is 1.39. The number of aromatic hydroxyl groups is 1. The van der Waals surface area contributed by atoms with Crippen LogP contribution in [-0.2, 0) is 23.8 Å². The summed E-state index contributed by atoms with van der Waals surface area (Å²) in [6.07, 6.45) is -4.16. The molecule has 0 bridgehead atoms. The van der Waals surface area contributed by atoms with E-state index < -0.39 is 55.4 Å². The number of aliphatic hydroxyl groups is 4. The van der Waals surface area contributed by atoms with Crippen LogP contribution in [0, 0.1) is 0 Å². The van der Waals surface area contributed by atoms with Crippen LogP contribution >= 0.6 is 0 Å². The van der Waals surface area contributed by atoms with Crippen LogP contribution in [0.2, 0.25) is 0 Å². The van der Waals surface area contributed by atoms with Gasteiger partial charge in [-0.15, -0.1) is 0 Å². The van der Waals surface area contributed by atoms with E-state index in [0.29, 0.717) is 11.1 Å². The maximum Gasteiger partial charge on any atom is 0.336 e. The smallest absolute Gasteiger partial charge is 0.336 e. The highest BCUT2D eigenvalue weighted by Crippen LogP contribution is 2.34. The summed E-state index contributed by atoms with van der Waals surface area (Å²) in [6.45, 7) is 0.681. The molecule has 1 fully saturated rings. The van der Waals surface area contributed by atoms with Gasteiger partial charge in [0, 0.05) is 18.1 Å². The quantitative estimate of drug-likeness (QED) is 0.186. The highest BCUT2D eigenvalue weighted by Gasteiger charge is 2.44. The molecule has 0 radical (unpaired) electrons. The van der Waals surface area contributed by atoms with Gasteiger partial charge in [-0.1, -0.05) is 17.7 Å². The summed E-state index contributed by atoms with van der Waals surface area (Å²) >= 11 is 0. The first-order valence-electron chi connectivity index (χ1n) is 11.4. The van der Waals surface area contributed by atoms with Gasteiger partial charge in [0.1, 0.15) is 30.5 Å². The number of aliphatic hydroxyl groups excluding tert-OH is 4. The highest BCUT2D eigenvalue weighted by molar-refractivity contribution is 5.95. The standard InChI is InChI=1S/C25H30O12/c1-12-9-16(36-19(28)6-4-13-3-5-15(27)17(10-13)34-2)14(20(12)24(32)33)7-8-35-25-23(31)22(30)21(29)18(11-26)37-25/h3-7,10,16,18,21-23,25-27,29-31H,8-9,11H2,1-2H3,(H,32,33)/b6-4+,14-7-/t16?,18-,21-,22+,23-,25-/m1/s1. The Kier molecular flexibility index (Phi) is 9.43. The van der Waals surface area contributed by atoms with Gasteiger partial charge >= 0.3 is 11.9 Å². The van der Waals surface area contributed by atoms with Gasteiger partial charge in [0.25, 0.3) is 0 Å². The van der Waals surface area contributed by atoms with Crippen molar-refractivity contribution in [3.05, 3.63) is 52.6 Å². The number of ether oxygens (including phenoxy) is 4. The number of phenols is 1. The molecule has 12 heteroatoms. The lowest BCUT2D eigenvalue weighted by atomic mass is 9.99. The molecule has 1 aromatic carbocycles. The number of carboxylic acids is 1. The van der Waals surface area contributed by atoms with Crippen LogP contribution in [-0.4, -0.2) is 99.7 Å². The minimum Gasteiger partial charge on any atom is -0.504 e. The first kappa shape index (κ1) is 28.3. The summed E-state index contributed by atoms with van der Waals surface area (Å²) in [5, 5.41) is 58.5. The number of aliphatic carboxylic acids is 1. The van der Waals surface area contributed by atoms with Crippen LogP contribution in [0.5, 0.6) is 11.5 Å². The van der Waals surface area contributed by atoms with Gasteiger partial charge in [0.2, 0.25) is 0 Å². The second kappa shape index (κ2) is 12.3. The van der Waals surface area contributed by atoms with Crippen molar-refractivity contribution < 1.29 is 59.2 Å². The summed E-state index contributed by atoms with van der Waals surface area (Å²) in [5.41, 5.74) is 1.18. The third-order valence-corrected chi connectivity index (χ3v) is 6.05. The third-order valence-electron chi connectivity index (χ3n) is 6.05. The van der Waals surface area contributed by atoms with Gasteiger partial charge in [-0.3, -0.25) is 0 Å². The minimum atomic E-state index is -1.62. The van der Waals surface area contributed by atoms with E-state index in [1.807, 2.05) is 0 Å². The molecule has 1 saturated heterocycles. The van der Waals surface area contributed by atoms with Crippen molar-refractivity contribution in [3.8, 4) is 11.5 Å². The van der Waals surface area contributed by atoms with Crippen molar-refractivity contribution in [2.24, 2.45) is 0 Å². The molecule has 202 valence electrons. The van der Waals surface area contributed by atoms with Crippen molar-refractivity contribution in [1.29, 1.82) is 0 Å². The topological polar surface area (TPSA) is 192 Å². The Morgan fingerprint density at radius 1 is 1.16 bits per heavy atom. The number of carbonyl (C=O) groups excluding carboxylic acids is 1. The second-order valence-corrected chi connectivity index (χ2v) is 8.54. The zero-order valence-electron chi connectivity index (χ0n) is 20.2. The van der Waals surface area contributed by atoms with Crippen molar-refractivity contribution in [3.63, 3.8) is 0 Å². The molecule has 0 aromatic heterocycles. The molecule has 6 N–H and O–H groups in total. The van der Waals surface area contributed by atoms with Gasteiger partial charge < -0.3 is 49.6 Å². The number of carboxylic acid groups (broad SMARTS) is 1. The number of esters is 1. The summed E-state index contributed by atoms with van der Waals surface area (Å²) < 4.78 is 21.2. The lowest BCUT2D eigenvalue weighted by Crippen LogP contribution is -2.59. The predicted octanol–water partition coefficient (Wildman–Crippen LogP) is -0.126. The van der Waals surface area contributed by atoms with E-state index in [9.17, 15) is 40.2 Å². The Balaban J connectivity index is 1.70. The van der Waals surface area contributed by atoms with Crippen LogP contribution in [0.1, 0.15) is 18.9 Å². The molecule has 1 aliphatic heterocycles. The van der Waals surface area contributed by atoms with E-state index in [4.69, 9.17) is 18.9 Å². The molecule has 1 aliphatic carbocycles. The Bertz CT molecular complexity index is 1090. The second-order valence-electron chi connectivity index (χ2n) is 8.54. The first-order valence-corrected chi connectivity index (χ1v) is 11.4. The number of phenolic OH excluding ortho intramolecular Hbond substituents is 1. The Labute approximate surface area is 212 Å². The first-order chi connectivity index (χ1) is 17.6. The maximum absolute atomic E-state index is 12.5. The molecule has 2 aliphatic rings. The monoisotopic (exact) mass is 522 g/mol. The van der Waals surface area contributed by atoms with E-state index in [2.05, 4.69) is 0 Å². The predicted molar refractivity (Wildman–Crippen MR) is 126 cm³/mol. The Morgan fingerprint density at radius 2 is 1.89 bits per heavy atom. The van der Waals surface area contributed by atoms with Crippen LogP contribution in [0.4, 0.5) is 0 Å². The van der Waals surface area contributed by atoms with E-state index in [1.165, 1.54) is 31.4 Å². The van der Waals surface area contributed by atoms with E-state index in [1.54, 1.807) is 13.0 Å². The zero-order valence-corrected chi connectivity index (χ0v) is 20.2. The van der Waals surface area contributed by atoms with Gasteiger partial charge in [-0.25, -0.2) is 9.59 Å². The molecule has 0 saturated carbocycles. The van der Waals surface area contributed by atoms with Gasteiger partial charge in [-0.2, -0.15) is 0 Å². The van der Waals surface area contributed by atoms with E-state index >= 15 is 0 Å². The molecule has 0 amide bonds. The van der Waals surface area contributed by atoms with Crippen LogP contribution in [0.3, 0.4) is 0 Å². The van der Waals surface area contributed by atoms with Crippen molar-refractivity contribution in [2.45, 2.75) is 50.2 Å². The maximum atomic E-state index is 12.5. The largest absolute Gasteiger partial charge is 0.504 e. The molecular weight excluding hydrogens is 492 g/mol. The number of benzene rings is 1. The van der Waals surface area contributed by atoms with Gasteiger partial charge in [0.05, 0.1) is 25.9 Å². The molecule has 1 heterocycles. The molecule has 3 rings (SSSR count). The lowest BCUT2D eigenvalue weighted by Gasteiger charge is -2.39. The fourth-order valence-corrected chi connectivity index (χ4v) is 4.12. The number of methoxy groups -OCH3 is 1. The zero-order chi connectivity index (χ0) is 27.3. The minimum absolute atomic E-state index is 0.0394. The molecule has 6 atom stereocenters. The van der Waals surface area contributed by atoms with Crippen molar-refractivity contribution in [1.82, 2.24) is 0 Å². The Hall–Kier alpha value is -3.26. The molecule has 37 heavy (non-hydrogen) atoms. The van der Waals surface area contributed by atoms with E-state index in [0.717, 1.165) is 6.08 Å². The van der Waals surface area contributed by atoms with Gasteiger partial charge in [-0.05, 0) is 30.7 Å².